The molecule has 3 heterocycles. The number of benzene rings is 1. The molecule has 0 aliphatic carbocycles. The Bertz CT molecular complexity index is 918. The van der Waals surface area contributed by atoms with Crippen LogP contribution in [0.5, 0.6) is 0 Å². The summed E-state index contributed by atoms with van der Waals surface area (Å²) in [6.07, 6.45) is 7.43. The molecule has 9 nitrogen and oxygen atoms in total. The van der Waals surface area contributed by atoms with Gasteiger partial charge in [-0.1, -0.05) is 24.3 Å². The van der Waals surface area contributed by atoms with E-state index in [-0.39, 0.29) is 29.7 Å². The molecule has 0 bridgehead atoms. The van der Waals surface area contributed by atoms with Crippen LogP contribution in [0.4, 0.5) is 0 Å². The topological polar surface area (TPSA) is 166 Å². The fourth-order valence-electron chi connectivity index (χ4n) is 2.08. The summed E-state index contributed by atoms with van der Waals surface area (Å²) in [6.45, 7) is 0. The molecule has 0 fully saturated rings. The van der Waals surface area contributed by atoms with E-state index in [1.165, 1.54) is 12.4 Å². The maximum atomic E-state index is 9.99. The third kappa shape index (κ3) is 6.37. The zero-order valence-electron chi connectivity index (χ0n) is 13.6. The van der Waals surface area contributed by atoms with Gasteiger partial charge in [0.05, 0.1) is 23.2 Å². The number of hydrogen-bond donors (Lipinski definition) is 0. The molecule has 0 atom stereocenters. The summed E-state index contributed by atoms with van der Waals surface area (Å²) in [7, 11) is 0. The Kier molecular flexibility index (Phi) is 11.1. The van der Waals surface area contributed by atoms with Crippen molar-refractivity contribution in [2.75, 3.05) is 0 Å². The first kappa shape index (κ1) is 24.1. The number of carboxylic acids is 1. The van der Waals surface area contributed by atoms with Crippen LogP contribution in [0.15, 0.2) is 67.4 Å². The van der Waals surface area contributed by atoms with Crippen molar-refractivity contribution in [2.45, 2.75) is 0 Å². The summed E-state index contributed by atoms with van der Waals surface area (Å²) in [5.74, 6) is -1.30. The van der Waals surface area contributed by atoms with E-state index in [0.717, 1.165) is 28.0 Å². The van der Waals surface area contributed by atoms with Gasteiger partial charge in [-0.3, -0.25) is 19.9 Å². The van der Waals surface area contributed by atoms with Gasteiger partial charge < -0.3 is 25.9 Å². The molecule has 4 aromatic rings. The number of hydrogen-bond acceptors (Lipinski definition) is 8. The van der Waals surface area contributed by atoms with E-state index < -0.39 is 5.97 Å². The summed E-state index contributed by atoms with van der Waals surface area (Å²) >= 11 is 0. The molecule has 0 saturated carbocycles. The molecule has 0 aliphatic heterocycles. The van der Waals surface area contributed by atoms with Gasteiger partial charge in [0, 0.05) is 54.1 Å². The van der Waals surface area contributed by atoms with Crippen LogP contribution in [-0.4, -0.2) is 25.9 Å². The van der Waals surface area contributed by atoms with Gasteiger partial charge in [-0.05, 0) is 12.1 Å². The van der Waals surface area contributed by atoms with E-state index >= 15 is 0 Å². The minimum atomic E-state index is -1.30. The monoisotopic (exact) mass is 402 g/mol. The van der Waals surface area contributed by atoms with Gasteiger partial charge in [-0.2, -0.15) is 0 Å². The summed E-state index contributed by atoms with van der Waals surface area (Å²) in [4.78, 5) is 25.7. The zero-order chi connectivity index (χ0) is 18.1. The predicted octanol–water partition coefficient (Wildman–Crippen LogP) is -0.876. The molecule has 0 unspecified atom stereocenters. The van der Waals surface area contributed by atoms with Crippen molar-refractivity contribution >= 4 is 27.8 Å². The van der Waals surface area contributed by atoms with Crippen molar-refractivity contribution in [1.29, 1.82) is 0 Å². The standard InChI is InChI=1S/C12H8N2.C5H4N2O2.O2.O.V/c1-3-9-5-6-10-4-2-8-14-12(10)11(9)13-7-1;8-5(9)4-3-6-1-2-7-4;1-2;;/h1-8H;1-3H,(H,8,9);;;/q;;2*-2;/p-1. The molecule has 0 amide bonds. The smallest absolute Gasteiger partial charge is 0.104 e. The summed E-state index contributed by atoms with van der Waals surface area (Å²) in [5.41, 5.74) is 1.81. The van der Waals surface area contributed by atoms with Crippen molar-refractivity contribution in [2.24, 2.45) is 0 Å². The first-order valence-corrected chi connectivity index (χ1v) is 6.98. The maximum Gasteiger partial charge on any atom is 0.104 e. The Balaban J connectivity index is 0.000000460. The number of carbonyl (C=O) groups excluding carboxylic acids is 1. The summed E-state index contributed by atoms with van der Waals surface area (Å²) in [5, 5.41) is 26.3. The number of fused-ring (bicyclic) bond motifs is 3. The molecular formula is C17H11N4O5V-5. The second kappa shape index (κ2) is 12.4. The summed E-state index contributed by atoms with van der Waals surface area (Å²) < 4.78 is 0. The molecule has 27 heavy (non-hydrogen) atoms. The van der Waals surface area contributed by atoms with Crippen LogP contribution in [0.1, 0.15) is 10.5 Å². The van der Waals surface area contributed by atoms with E-state index in [0.29, 0.717) is 0 Å². The molecule has 0 N–H and O–H groups in total. The van der Waals surface area contributed by atoms with Crippen LogP contribution in [0.2, 0.25) is 0 Å². The molecule has 10 heteroatoms. The normalized spacial score (nSPS) is 8.81. The second-order valence-corrected chi connectivity index (χ2v) is 4.59. The van der Waals surface area contributed by atoms with Crippen LogP contribution in [0.3, 0.4) is 0 Å². The number of carbonyl (C=O) groups is 1. The molecular weight excluding hydrogens is 391 g/mol. The summed E-state index contributed by atoms with van der Waals surface area (Å²) in [6, 6.07) is 12.1. The van der Waals surface area contributed by atoms with Crippen molar-refractivity contribution < 1.29 is 44.4 Å². The van der Waals surface area contributed by atoms with E-state index in [1.807, 2.05) is 12.1 Å². The quantitative estimate of drug-likeness (QED) is 0.225. The number of aromatic carboxylic acids is 1. The zero-order valence-corrected chi connectivity index (χ0v) is 15.0. The van der Waals surface area contributed by atoms with Gasteiger partial charge in [-0.25, -0.2) is 0 Å². The molecule has 0 spiro atoms. The van der Waals surface area contributed by atoms with Crippen molar-refractivity contribution in [3.8, 4) is 0 Å². The minimum Gasteiger partial charge on any atom is -2.00 e. The first-order chi connectivity index (χ1) is 12.3. The van der Waals surface area contributed by atoms with Crippen molar-refractivity contribution in [3.05, 3.63) is 73.1 Å². The van der Waals surface area contributed by atoms with Gasteiger partial charge in [0.2, 0.25) is 0 Å². The van der Waals surface area contributed by atoms with Crippen LogP contribution in [0, 0.1) is 0 Å². The maximum absolute atomic E-state index is 9.99. The van der Waals surface area contributed by atoms with E-state index in [1.54, 1.807) is 12.4 Å². The third-order valence-corrected chi connectivity index (χ3v) is 3.12. The Hall–Kier alpha value is -2.95. The first-order valence-electron chi connectivity index (χ1n) is 6.98. The number of carboxylic acid groups (broad SMARTS) is 1. The molecule has 139 valence electrons. The average Bonchev–Trinajstić information content (AvgIpc) is 2.70. The molecule has 0 saturated heterocycles. The molecule has 4 rings (SSSR count). The Morgan fingerprint density at radius 3 is 1.67 bits per heavy atom. The van der Waals surface area contributed by atoms with Crippen molar-refractivity contribution in [3.63, 3.8) is 0 Å². The number of pyridine rings is 2. The molecule has 1 radical (unpaired) electrons. The fraction of sp³-hybridized carbons (Fsp3) is 0. The second-order valence-electron chi connectivity index (χ2n) is 4.59. The van der Waals surface area contributed by atoms with Gasteiger partial charge in [-0.15, -0.1) is 0 Å². The number of rotatable bonds is 1. The van der Waals surface area contributed by atoms with Crippen LogP contribution in [-0.2, 0) is 24.0 Å². The molecule has 0 aliphatic rings. The molecule has 1 aromatic carbocycles. The number of nitrogens with zero attached hydrogens (tertiary/aromatic N) is 4. The van der Waals surface area contributed by atoms with Crippen LogP contribution >= 0.6 is 0 Å². The van der Waals surface area contributed by atoms with Gasteiger partial charge in [0.15, 0.2) is 0 Å². The fourth-order valence-corrected chi connectivity index (χ4v) is 2.08. The van der Waals surface area contributed by atoms with E-state index in [4.69, 9.17) is 10.5 Å². The van der Waals surface area contributed by atoms with Crippen molar-refractivity contribution in [1.82, 2.24) is 19.9 Å². The van der Waals surface area contributed by atoms with Gasteiger partial charge in [0.1, 0.15) is 5.69 Å². The average molecular weight is 402 g/mol. The Labute approximate surface area is 165 Å². The van der Waals surface area contributed by atoms with Crippen LogP contribution in [0.25, 0.3) is 21.8 Å². The van der Waals surface area contributed by atoms with E-state index in [9.17, 15) is 9.90 Å². The SMILES string of the molecule is O=C([O-])c1cnccn1.[O-2].[O-][O-].[V].c1cnc2c(c1)ccc1cccnc12. The third-order valence-electron chi connectivity index (χ3n) is 3.12. The molecule has 3 aromatic heterocycles. The predicted molar refractivity (Wildman–Crippen MR) is 84.1 cm³/mol. The van der Waals surface area contributed by atoms with Gasteiger partial charge >= 0.3 is 0 Å². The largest absolute Gasteiger partial charge is 2.00 e. The van der Waals surface area contributed by atoms with E-state index in [2.05, 4.69) is 44.2 Å². The number of aromatic nitrogens is 4. The Morgan fingerprint density at radius 1 is 0.778 bits per heavy atom. The Morgan fingerprint density at radius 2 is 1.30 bits per heavy atom. The minimum absolute atomic E-state index is 0. The van der Waals surface area contributed by atoms with Crippen LogP contribution < -0.4 is 15.6 Å². The van der Waals surface area contributed by atoms with Gasteiger partial charge in [0.25, 0.3) is 0 Å².